The summed E-state index contributed by atoms with van der Waals surface area (Å²) in [5, 5.41) is 9.86. The summed E-state index contributed by atoms with van der Waals surface area (Å²) in [4.78, 5) is 11.0. The van der Waals surface area contributed by atoms with Gasteiger partial charge in [0.25, 0.3) is 0 Å². The first kappa shape index (κ1) is 12.1. The Balaban J connectivity index is 2.10. The summed E-state index contributed by atoms with van der Waals surface area (Å²) in [6, 6.07) is 9.67. The molecule has 1 heterocycles. The first-order chi connectivity index (χ1) is 8.74. The maximum atomic E-state index is 11.0. The first-order valence-electron chi connectivity index (χ1n) is 5.73. The molecule has 1 aromatic heterocycles. The number of carbonyl (C=O) groups excluding carboxylic acids is 1. The lowest BCUT2D eigenvalue weighted by Crippen LogP contribution is -2.29. The van der Waals surface area contributed by atoms with E-state index < -0.39 is 0 Å². The SMILES string of the molecule is N#Cc1ccc2c(ccn2CCCC(=O)NN)c1. The highest BCUT2D eigenvalue weighted by Crippen LogP contribution is 2.18. The highest BCUT2D eigenvalue weighted by molar-refractivity contribution is 5.81. The van der Waals surface area contributed by atoms with E-state index >= 15 is 0 Å². The number of hydrogen-bond acceptors (Lipinski definition) is 3. The zero-order chi connectivity index (χ0) is 13.0. The molecule has 0 bridgehead atoms. The molecule has 0 spiro atoms. The molecule has 3 N–H and O–H groups in total. The molecular formula is C13H14N4O. The van der Waals surface area contributed by atoms with Crippen molar-refractivity contribution >= 4 is 16.8 Å². The molecule has 0 aliphatic heterocycles. The van der Waals surface area contributed by atoms with Crippen LogP contribution in [0.15, 0.2) is 30.5 Å². The number of rotatable bonds is 4. The van der Waals surface area contributed by atoms with Crippen LogP contribution in [0.5, 0.6) is 0 Å². The Morgan fingerprint density at radius 3 is 3.00 bits per heavy atom. The van der Waals surface area contributed by atoms with Crippen LogP contribution in [0, 0.1) is 11.3 Å². The standard InChI is InChI=1S/C13H14N4O/c14-9-10-3-4-12-11(8-10)5-7-17(12)6-1-2-13(18)16-15/h3-5,7-8H,1-2,6,15H2,(H,16,18). The van der Waals surface area contributed by atoms with Crippen molar-refractivity contribution in [2.24, 2.45) is 5.84 Å². The van der Waals surface area contributed by atoms with Gasteiger partial charge in [0, 0.05) is 30.1 Å². The number of fused-ring (bicyclic) bond motifs is 1. The number of benzene rings is 1. The van der Waals surface area contributed by atoms with Gasteiger partial charge in [0.1, 0.15) is 0 Å². The molecule has 1 amide bonds. The predicted octanol–water partition coefficient (Wildman–Crippen LogP) is 1.28. The van der Waals surface area contributed by atoms with Crippen LogP contribution in [-0.2, 0) is 11.3 Å². The number of hydrazine groups is 1. The number of nitrogens with one attached hydrogen (secondary N) is 1. The van der Waals surface area contributed by atoms with Gasteiger partial charge in [0.2, 0.25) is 5.91 Å². The Morgan fingerprint density at radius 1 is 1.44 bits per heavy atom. The van der Waals surface area contributed by atoms with Gasteiger partial charge < -0.3 is 4.57 Å². The van der Waals surface area contributed by atoms with Gasteiger partial charge in [0.15, 0.2) is 0 Å². The Hall–Kier alpha value is -2.32. The van der Waals surface area contributed by atoms with Crippen molar-refractivity contribution in [3.63, 3.8) is 0 Å². The lowest BCUT2D eigenvalue weighted by molar-refractivity contribution is -0.121. The number of aromatic nitrogens is 1. The summed E-state index contributed by atoms with van der Waals surface area (Å²) in [6.45, 7) is 0.753. The van der Waals surface area contributed by atoms with E-state index in [1.165, 1.54) is 0 Å². The van der Waals surface area contributed by atoms with Gasteiger partial charge >= 0.3 is 0 Å². The van der Waals surface area contributed by atoms with Gasteiger partial charge in [0.05, 0.1) is 11.6 Å². The third-order valence-corrected chi connectivity index (χ3v) is 2.86. The second-order valence-corrected chi connectivity index (χ2v) is 4.07. The number of hydrogen-bond donors (Lipinski definition) is 2. The zero-order valence-electron chi connectivity index (χ0n) is 9.89. The molecule has 0 saturated carbocycles. The molecule has 5 heteroatoms. The number of amides is 1. The smallest absolute Gasteiger partial charge is 0.233 e. The van der Waals surface area contributed by atoms with Crippen molar-refractivity contribution in [1.29, 1.82) is 5.26 Å². The number of aryl methyl sites for hydroxylation is 1. The lowest BCUT2D eigenvalue weighted by Gasteiger charge is -2.05. The highest BCUT2D eigenvalue weighted by atomic mass is 16.2. The predicted molar refractivity (Wildman–Crippen MR) is 68.2 cm³/mol. The third kappa shape index (κ3) is 2.50. The fourth-order valence-corrected chi connectivity index (χ4v) is 1.95. The molecule has 0 aliphatic carbocycles. The summed E-state index contributed by atoms with van der Waals surface area (Å²) < 4.78 is 2.07. The van der Waals surface area contributed by atoms with Crippen molar-refractivity contribution in [3.05, 3.63) is 36.0 Å². The van der Waals surface area contributed by atoms with Crippen LogP contribution in [-0.4, -0.2) is 10.5 Å². The van der Waals surface area contributed by atoms with E-state index in [-0.39, 0.29) is 5.91 Å². The second kappa shape index (κ2) is 5.34. The molecule has 92 valence electrons. The van der Waals surface area contributed by atoms with Crippen LogP contribution < -0.4 is 11.3 Å². The van der Waals surface area contributed by atoms with E-state index in [2.05, 4.69) is 16.1 Å². The summed E-state index contributed by atoms with van der Waals surface area (Å²) in [6.07, 6.45) is 3.10. The van der Waals surface area contributed by atoms with E-state index in [4.69, 9.17) is 11.1 Å². The maximum Gasteiger partial charge on any atom is 0.233 e. The van der Waals surface area contributed by atoms with E-state index in [1.807, 2.05) is 24.4 Å². The van der Waals surface area contributed by atoms with E-state index in [0.717, 1.165) is 23.9 Å². The highest BCUT2D eigenvalue weighted by Gasteiger charge is 2.03. The Labute approximate surface area is 105 Å². The molecule has 0 unspecified atom stereocenters. The first-order valence-corrected chi connectivity index (χ1v) is 5.73. The quantitative estimate of drug-likeness (QED) is 0.481. The van der Waals surface area contributed by atoms with Gasteiger partial charge in [-0.25, -0.2) is 5.84 Å². The molecule has 0 radical (unpaired) electrons. The number of nitriles is 1. The molecule has 2 aromatic rings. The lowest BCUT2D eigenvalue weighted by atomic mass is 10.2. The van der Waals surface area contributed by atoms with Crippen molar-refractivity contribution in [2.75, 3.05) is 0 Å². The minimum Gasteiger partial charge on any atom is -0.347 e. The summed E-state index contributed by atoms with van der Waals surface area (Å²) >= 11 is 0. The minimum atomic E-state index is -0.154. The molecule has 2 rings (SSSR count). The number of nitrogens with zero attached hydrogens (tertiary/aromatic N) is 2. The number of carbonyl (C=O) groups is 1. The van der Waals surface area contributed by atoms with E-state index in [9.17, 15) is 4.79 Å². The van der Waals surface area contributed by atoms with Crippen LogP contribution in [0.4, 0.5) is 0 Å². The molecule has 0 fully saturated rings. The van der Waals surface area contributed by atoms with Gasteiger partial charge in [-0.3, -0.25) is 10.2 Å². The van der Waals surface area contributed by atoms with Crippen molar-refractivity contribution < 1.29 is 4.79 Å². The third-order valence-electron chi connectivity index (χ3n) is 2.86. The average molecular weight is 242 g/mol. The molecule has 5 nitrogen and oxygen atoms in total. The van der Waals surface area contributed by atoms with Crippen molar-refractivity contribution in [3.8, 4) is 6.07 Å². The van der Waals surface area contributed by atoms with Gasteiger partial charge in [-0.15, -0.1) is 0 Å². The van der Waals surface area contributed by atoms with E-state index in [0.29, 0.717) is 12.0 Å². The van der Waals surface area contributed by atoms with Gasteiger partial charge in [-0.1, -0.05) is 0 Å². The normalized spacial score (nSPS) is 10.2. The Bertz CT molecular complexity index is 609. The average Bonchev–Trinajstić information content (AvgIpc) is 2.81. The minimum absolute atomic E-state index is 0.154. The van der Waals surface area contributed by atoms with Gasteiger partial charge in [-0.05, 0) is 30.7 Å². The summed E-state index contributed by atoms with van der Waals surface area (Å²) in [5.74, 6) is 4.86. The van der Waals surface area contributed by atoms with Crippen LogP contribution in [0.1, 0.15) is 18.4 Å². The molecule has 0 atom stereocenters. The molecule has 0 aliphatic rings. The largest absolute Gasteiger partial charge is 0.347 e. The monoisotopic (exact) mass is 242 g/mol. The summed E-state index contributed by atoms with van der Waals surface area (Å²) in [7, 11) is 0. The van der Waals surface area contributed by atoms with Crippen LogP contribution >= 0.6 is 0 Å². The summed E-state index contributed by atoms with van der Waals surface area (Å²) in [5.41, 5.74) is 3.84. The topological polar surface area (TPSA) is 83.8 Å². The van der Waals surface area contributed by atoms with Gasteiger partial charge in [-0.2, -0.15) is 5.26 Å². The molecule has 0 saturated heterocycles. The van der Waals surface area contributed by atoms with E-state index in [1.54, 1.807) is 6.07 Å². The number of nitrogens with two attached hydrogens (primary N) is 1. The zero-order valence-corrected chi connectivity index (χ0v) is 9.89. The van der Waals surface area contributed by atoms with Crippen molar-refractivity contribution in [1.82, 2.24) is 9.99 Å². The molecule has 18 heavy (non-hydrogen) atoms. The van der Waals surface area contributed by atoms with Crippen LogP contribution in [0.25, 0.3) is 10.9 Å². The Morgan fingerprint density at radius 2 is 2.28 bits per heavy atom. The van der Waals surface area contributed by atoms with Crippen LogP contribution in [0.2, 0.25) is 0 Å². The van der Waals surface area contributed by atoms with Crippen molar-refractivity contribution in [2.45, 2.75) is 19.4 Å². The fraction of sp³-hybridized carbons (Fsp3) is 0.231. The molecule has 1 aromatic carbocycles. The molecular weight excluding hydrogens is 228 g/mol. The fourth-order valence-electron chi connectivity index (χ4n) is 1.95. The second-order valence-electron chi connectivity index (χ2n) is 4.07. The maximum absolute atomic E-state index is 11.0. The Kier molecular flexibility index (Phi) is 3.60. The van der Waals surface area contributed by atoms with Crippen LogP contribution in [0.3, 0.4) is 0 Å².